The number of hydrogen-bond acceptors (Lipinski definition) is 3. The highest BCUT2D eigenvalue weighted by molar-refractivity contribution is 9.09. The second-order valence-electron chi connectivity index (χ2n) is 3.38. The maximum atomic E-state index is 5.36. The van der Waals surface area contributed by atoms with Crippen molar-refractivity contribution in [2.45, 2.75) is 19.9 Å². The fourth-order valence-corrected chi connectivity index (χ4v) is 1.59. The van der Waals surface area contributed by atoms with Crippen molar-refractivity contribution in [2.24, 2.45) is 0 Å². The minimum atomic E-state index is 0.411. The third kappa shape index (κ3) is 3.38. The van der Waals surface area contributed by atoms with E-state index in [1.807, 2.05) is 32.2 Å². The molecule has 0 radical (unpaired) electrons. The molecule has 0 aliphatic rings. The summed E-state index contributed by atoms with van der Waals surface area (Å²) in [5.41, 5.74) is 0. The molecule has 0 aromatic carbocycles. The van der Waals surface area contributed by atoms with Gasteiger partial charge in [-0.2, -0.15) is 4.98 Å². The van der Waals surface area contributed by atoms with E-state index in [0.29, 0.717) is 18.5 Å². The first kappa shape index (κ1) is 12.3. The predicted octanol–water partition coefficient (Wildman–Crippen LogP) is 2.70. The molecular weight excluding hydrogens is 256 g/mol. The number of pyridine rings is 1. The molecule has 0 amide bonds. The van der Waals surface area contributed by atoms with Crippen molar-refractivity contribution in [1.82, 2.24) is 4.98 Å². The summed E-state index contributed by atoms with van der Waals surface area (Å²) < 4.78 is 5.36. The predicted molar refractivity (Wildman–Crippen MR) is 67.1 cm³/mol. The molecule has 0 saturated carbocycles. The molecule has 1 aromatic rings. The molecule has 1 atom stereocenters. The van der Waals surface area contributed by atoms with Gasteiger partial charge in [0.25, 0.3) is 0 Å². The molecule has 0 aliphatic carbocycles. The Labute approximate surface area is 99.6 Å². The van der Waals surface area contributed by atoms with Gasteiger partial charge >= 0.3 is 0 Å². The Morgan fingerprint density at radius 1 is 1.53 bits per heavy atom. The van der Waals surface area contributed by atoms with Crippen LogP contribution in [0.25, 0.3) is 0 Å². The third-order valence-electron chi connectivity index (χ3n) is 2.25. The van der Waals surface area contributed by atoms with Crippen molar-refractivity contribution in [3.8, 4) is 5.88 Å². The van der Waals surface area contributed by atoms with Crippen LogP contribution in [0.4, 0.5) is 5.82 Å². The maximum Gasteiger partial charge on any atom is 0.215 e. The minimum Gasteiger partial charge on any atom is -0.478 e. The lowest BCUT2D eigenvalue weighted by atomic mass is 10.3. The van der Waals surface area contributed by atoms with Crippen LogP contribution in [0.1, 0.15) is 13.8 Å². The molecule has 0 N–H and O–H groups in total. The topological polar surface area (TPSA) is 25.4 Å². The van der Waals surface area contributed by atoms with Crippen LogP contribution in [0, 0.1) is 0 Å². The van der Waals surface area contributed by atoms with Gasteiger partial charge in [-0.1, -0.05) is 22.0 Å². The Hall–Kier alpha value is -0.770. The largest absolute Gasteiger partial charge is 0.478 e. The second-order valence-corrected chi connectivity index (χ2v) is 4.03. The number of nitrogens with zero attached hydrogens (tertiary/aromatic N) is 2. The van der Waals surface area contributed by atoms with Gasteiger partial charge in [0.15, 0.2) is 0 Å². The van der Waals surface area contributed by atoms with E-state index in [0.717, 1.165) is 11.1 Å². The molecule has 3 nitrogen and oxygen atoms in total. The Bertz CT molecular complexity index is 306. The minimum absolute atomic E-state index is 0.411. The molecule has 1 aromatic heterocycles. The lowest BCUT2D eigenvalue weighted by molar-refractivity contribution is 0.327. The molecular formula is C11H17BrN2O. The van der Waals surface area contributed by atoms with E-state index in [-0.39, 0.29) is 0 Å². The van der Waals surface area contributed by atoms with Crippen molar-refractivity contribution < 1.29 is 4.74 Å². The zero-order chi connectivity index (χ0) is 11.3. The number of alkyl halides is 1. The fourth-order valence-electron chi connectivity index (χ4n) is 1.16. The molecule has 0 aliphatic heterocycles. The van der Waals surface area contributed by atoms with E-state index in [1.54, 1.807) is 0 Å². The highest BCUT2D eigenvalue weighted by Gasteiger charge is 2.10. The number of aromatic nitrogens is 1. The lowest BCUT2D eigenvalue weighted by Crippen LogP contribution is -2.30. The van der Waals surface area contributed by atoms with Gasteiger partial charge < -0.3 is 9.64 Å². The Kier molecular flexibility index (Phi) is 4.88. The van der Waals surface area contributed by atoms with E-state index >= 15 is 0 Å². The van der Waals surface area contributed by atoms with Crippen LogP contribution in [0.2, 0.25) is 0 Å². The third-order valence-corrected chi connectivity index (χ3v) is 3.18. The summed E-state index contributed by atoms with van der Waals surface area (Å²) in [6.45, 7) is 4.75. The lowest BCUT2D eigenvalue weighted by Gasteiger charge is -2.24. The number of anilines is 1. The van der Waals surface area contributed by atoms with Crippen LogP contribution < -0.4 is 9.64 Å². The second kappa shape index (κ2) is 5.95. The summed E-state index contributed by atoms with van der Waals surface area (Å²) in [4.78, 5) is 6.54. The van der Waals surface area contributed by atoms with E-state index in [2.05, 4.69) is 32.7 Å². The standard InChI is InChI=1S/C11H17BrN2O/c1-4-15-11-7-5-6-10(13-11)14(3)9(2)8-12/h5-7,9H,4,8H2,1-3H3. The van der Waals surface area contributed by atoms with Gasteiger partial charge in [0.05, 0.1) is 6.61 Å². The van der Waals surface area contributed by atoms with Crippen LogP contribution in [0.5, 0.6) is 5.88 Å². The first-order valence-electron chi connectivity index (χ1n) is 5.07. The van der Waals surface area contributed by atoms with Crippen molar-refractivity contribution in [3.63, 3.8) is 0 Å². The monoisotopic (exact) mass is 272 g/mol. The van der Waals surface area contributed by atoms with Crippen molar-refractivity contribution >= 4 is 21.7 Å². The first-order valence-corrected chi connectivity index (χ1v) is 6.19. The highest BCUT2D eigenvalue weighted by Crippen LogP contribution is 2.17. The van der Waals surface area contributed by atoms with Crippen LogP contribution in [-0.2, 0) is 0 Å². The molecule has 0 fully saturated rings. The molecule has 0 bridgehead atoms. The van der Waals surface area contributed by atoms with Gasteiger partial charge in [-0.25, -0.2) is 0 Å². The van der Waals surface area contributed by atoms with Gasteiger partial charge in [-0.3, -0.25) is 0 Å². The summed E-state index contributed by atoms with van der Waals surface area (Å²) in [6.07, 6.45) is 0. The van der Waals surface area contributed by atoms with Crippen molar-refractivity contribution in [3.05, 3.63) is 18.2 Å². The summed E-state index contributed by atoms with van der Waals surface area (Å²) in [7, 11) is 2.03. The van der Waals surface area contributed by atoms with Crippen LogP contribution in [0.15, 0.2) is 18.2 Å². The average molecular weight is 273 g/mol. The zero-order valence-corrected chi connectivity index (χ0v) is 11.0. The Balaban J connectivity index is 2.80. The molecule has 4 heteroatoms. The molecule has 0 saturated heterocycles. The number of rotatable bonds is 5. The molecule has 0 spiro atoms. The van der Waals surface area contributed by atoms with Crippen molar-refractivity contribution in [1.29, 1.82) is 0 Å². The first-order chi connectivity index (χ1) is 7.19. The quantitative estimate of drug-likeness (QED) is 0.771. The SMILES string of the molecule is CCOc1cccc(N(C)C(C)CBr)n1. The Morgan fingerprint density at radius 2 is 2.27 bits per heavy atom. The van der Waals surface area contributed by atoms with Crippen LogP contribution in [-0.4, -0.2) is 30.0 Å². The van der Waals surface area contributed by atoms with E-state index < -0.39 is 0 Å². The van der Waals surface area contributed by atoms with E-state index in [4.69, 9.17) is 4.74 Å². The average Bonchev–Trinajstić information content (AvgIpc) is 2.28. The fraction of sp³-hybridized carbons (Fsp3) is 0.545. The summed E-state index contributed by atoms with van der Waals surface area (Å²) in [5, 5.41) is 0.921. The van der Waals surface area contributed by atoms with Gasteiger partial charge in [0, 0.05) is 24.5 Å². The summed E-state index contributed by atoms with van der Waals surface area (Å²) in [5.74, 6) is 1.62. The number of halogens is 1. The van der Waals surface area contributed by atoms with Gasteiger partial charge in [0.2, 0.25) is 5.88 Å². The van der Waals surface area contributed by atoms with Gasteiger partial charge in [-0.05, 0) is 19.9 Å². The molecule has 1 rings (SSSR count). The molecule has 1 heterocycles. The van der Waals surface area contributed by atoms with Crippen LogP contribution >= 0.6 is 15.9 Å². The molecule has 84 valence electrons. The normalized spacial score (nSPS) is 12.3. The van der Waals surface area contributed by atoms with Crippen molar-refractivity contribution in [2.75, 3.05) is 23.9 Å². The molecule has 15 heavy (non-hydrogen) atoms. The summed E-state index contributed by atoms with van der Waals surface area (Å²) in [6, 6.07) is 6.24. The van der Waals surface area contributed by atoms with E-state index in [1.165, 1.54) is 0 Å². The van der Waals surface area contributed by atoms with Crippen LogP contribution in [0.3, 0.4) is 0 Å². The van der Waals surface area contributed by atoms with Gasteiger partial charge in [0.1, 0.15) is 5.82 Å². The molecule has 1 unspecified atom stereocenters. The highest BCUT2D eigenvalue weighted by atomic mass is 79.9. The Morgan fingerprint density at radius 3 is 2.87 bits per heavy atom. The number of hydrogen-bond donors (Lipinski definition) is 0. The maximum absolute atomic E-state index is 5.36. The number of ether oxygens (including phenoxy) is 1. The summed E-state index contributed by atoms with van der Waals surface area (Å²) >= 11 is 3.46. The zero-order valence-electron chi connectivity index (χ0n) is 9.40. The van der Waals surface area contributed by atoms with Gasteiger partial charge in [-0.15, -0.1) is 0 Å². The smallest absolute Gasteiger partial charge is 0.215 e. The van der Waals surface area contributed by atoms with E-state index in [9.17, 15) is 0 Å².